The molecule has 1 amide bonds. The maximum Gasteiger partial charge on any atom is 0.224 e. The zero-order valence-corrected chi connectivity index (χ0v) is 15.3. The maximum absolute atomic E-state index is 12.3. The summed E-state index contributed by atoms with van der Waals surface area (Å²) in [5.74, 6) is 0.239. The molecular formula is C22H24N4O. The third-order valence-electron chi connectivity index (χ3n) is 5.07. The summed E-state index contributed by atoms with van der Waals surface area (Å²) in [6, 6.07) is 18.7. The molecule has 0 radical (unpaired) electrons. The summed E-state index contributed by atoms with van der Waals surface area (Å²) in [7, 11) is 0. The Kier molecular flexibility index (Phi) is 5.30. The minimum atomic E-state index is 0.0961. The van der Waals surface area contributed by atoms with E-state index in [9.17, 15) is 4.79 Å². The maximum atomic E-state index is 12.3. The fraction of sp³-hybridized carbons (Fsp3) is 0.273. The van der Waals surface area contributed by atoms with E-state index in [0.717, 1.165) is 42.7 Å². The second-order valence-electron chi connectivity index (χ2n) is 6.97. The molecule has 1 aliphatic rings. The Hall–Kier alpha value is -2.92. The van der Waals surface area contributed by atoms with Crippen LogP contribution in [0.3, 0.4) is 0 Å². The third-order valence-corrected chi connectivity index (χ3v) is 5.07. The van der Waals surface area contributed by atoms with E-state index < -0.39 is 0 Å². The number of carbonyl (C=O) groups is 1. The van der Waals surface area contributed by atoms with Crippen LogP contribution in [-0.4, -0.2) is 28.8 Å². The highest BCUT2D eigenvalue weighted by atomic mass is 16.1. The molecule has 3 aromatic rings. The lowest BCUT2D eigenvalue weighted by Crippen LogP contribution is -2.31. The second kappa shape index (κ2) is 8.18. The molecule has 27 heavy (non-hydrogen) atoms. The second-order valence-corrected chi connectivity index (χ2v) is 6.97. The Balaban J connectivity index is 1.46. The van der Waals surface area contributed by atoms with E-state index in [2.05, 4.69) is 52.1 Å². The van der Waals surface area contributed by atoms with Crippen LogP contribution in [0.2, 0.25) is 0 Å². The highest BCUT2D eigenvalue weighted by Gasteiger charge is 2.22. The van der Waals surface area contributed by atoms with Gasteiger partial charge in [0, 0.05) is 25.5 Å². The summed E-state index contributed by atoms with van der Waals surface area (Å²) in [5.41, 5.74) is 4.66. The molecular weight excluding hydrogens is 336 g/mol. The van der Waals surface area contributed by atoms with Crippen LogP contribution in [0, 0.1) is 5.92 Å². The molecule has 138 valence electrons. The summed E-state index contributed by atoms with van der Waals surface area (Å²) >= 11 is 0. The van der Waals surface area contributed by atoms with Crippen molar-refractivity contribution in [1.82, 2.24) is 20.4 Å². The first-order chi connectivity index (χ1) is 13.3. The van der Waals surface area contributed by atoms with Crippen LogP contribution >= 0.6 is 0 Å². The Bertz CT molecular complexity index is 881. The Labute approximate surface area is 159 Å². The number of hydrogen-bond acceptors (Lipinski definition) is 3. The van der Waals surface area contributed by atoms with Gasteiger partial charge in [0.25, 0.3) is 0 Å². The molecule has 2 heterocycles. The van der Waals surface area contributed by atoms with Gasteiger partial charge < -0.3 is 10.6 Å². The van der Waals surface area contributed by atoms with Crippen molar-refractivity contribution in [3.63, 3.8) is 0 Å². The molecule has 0 aliphatic carbocycles. The van der Waals surface area contributed by atoms with Gasteiger partial charge in [0.15, 0.2) is 0 Å². The van der Waals surface area contributed by atoms with Gasteiger partial charge >= 0.3 is 0 Å². The smallest absolute Gasteiger partial charge is 0.224 e. The van der Waals surface area contributed by atoms with Crippen molar-refractivity contribution in [2.45, 2.75) is 19.5 Å². The van der Waals surface area contributed by atoms with Gasteiger partial charge in [-0.25, -0.2) is 0 Å². The SMILES string of the molecule is O=C(NCc1ccccc1-c1ccc(Cn2cccn2)cc1)C1CCNC1. The van der Waals surface area contributed by atoms with Gasteiger partial charge in [0.05, 0.1) is 12.5 Å². The molecule has 4 rings (SSSR count). The molecule has 2 N–H and O–H groups in total. The average molecular weight is 360 g/mol. The van der Waals surface area contributed by atoms with Gasteiger partial charge in [-0.15, -0.1) is 0 Å². The first-order valence-electron chi connectivity index (χ1n) is 9.43. The van der Waals surface area contributed by atoms with Gasteiger partial charge in [-0.05, 0) is 41.3 Å². The van der Waals surface area contributed by atoms with Crippen molar-refractivity contribution in [3.05, 3.63) is 78.1 Å². The van der Waals surface area contributed by atoms with E-state index in [1.165, 1.54) is 5.56 Å². The number of aromatic nitrogens is 2. The zero-order valence-electron chi connectivity index (χ0n) is 15.3. The number of hydrogen-bond donors (Lipinski definition) is 2. The standard InChI is InChI=1S/C22H24N4O/c27-22(20-10-12-23-14-20)24-15-19-4-1-2-5-21(19)18-8-6-17(7-9-18)16-26-13-3-11-25-26/h1-9,11,13,20,23H,10,12,14-16H2,(H,24,27). The number of carbonyl (C=O) groups excluding carboxylic acids is 1. The fourth-order valence-electron chi connectivity index (χ4n) is 3.53. The minimum Gasteiger partial charge on any atom is -0.352 e. The summed E-state index contributed by atoms with van der Waals surface area (Å²) in [6.07, 6.45) is 4.68. The minimum absolute atomic E-state index is 0.0961. The van der Waals surface area contributed by atoms with E-state index in [1.54, 1.807) is 6.20 Å². The molecule has 1 atom stereocenters. The van der Waals surface area contributed by atoms with Crippen molar-refractivity contribution in [1.29, 1.82) is 0 Å². The zero-order chi connectivity index (χ0) is 18.5. The predicted molar refractivity (Wildman–Crippen MR) is 106 cm³/mol. The summed E-state index contributed by atoms with van der Waals surface area (Å²) in [6.45, 7) is 3.03. The van der Waals surface area contributed by atoms with Gasteiger partial charge in [0.2, 0.25) is 5.91 Å². The lowest BCUT2D eigenvalue weighted by atomic mass is 9.98. The van der Waals surface area contributed by atoms with Crippen LogP contribution in [0.1, 0.15) is 17.5 Å². The number of benzene rings is 2. The van der Waals surface area contributed by atoms with Crippen molar-refractivity contribution in [2.24, 2.45) is 5.92 Å². The predicted octanol–water partition coefficient (Wildman–Crippen LogP) is 2.82. The highest BCUT2D eigenvalue weighted by Crippen LogP contribution is 2.24. The molecule has 1 unspecified atom stereocenters. The first kappa shape index (κ1) is 17.5. The molecule has 0 bridgehead atoms. The number of nitrogens with one attached hydrogen (secondary N) is 2. The van der Waals surface area contributed by atoms with Crippen LogP contribution in [0.4, 0.5) is 0 Å². The van der Waals surface area contributed by atoms with Crippen molar-refractivity contribution in [3.8, 4) is 11.1 Å². The Morgan fingerprint density at radius 3 is 2.74 bits per heavy atom. The molecule has 0 spiro atoms. The number of rotatable bonds is 6. The van der Waals surface area contributed by atoms with E-state index in [1.807, 2.05) is 29.1 Å². The molecule has 0 saturated carbocycles. The van der Waals surface area contributed by atoms with Gasteiger partial charge in [0.1, 0.15) is 0 Å². The Morgan fingerprint density at radius 2 is 2.00 bits per heavy atom. The molecule has 2 aromatic carbocycles. The topological polar surface area (TPSA) is 59.0 Å². The fourth-order valence-corrected chi connectivity index (χ4v) is 3.53. The largest absolute Gasteiger partial charge is 0.352 e. The van der Waals surface area contributed by atoms with Gasteiger partial charge in [-0.3, -0.25) is 9.48 Å². The highest BCUT2D eigenvalue weighted by molar-refractivity contribution is 5.79. The quantitative estimate of drug-likeness (QED) is 0.711. The van der Waals surface area contributed by atoms with E-state index in [0.29, 0.717) is 6.54 Å². The Morgan fingerprint density at radius 1 is 1.15 bits per heavy atom. The van der Waals surface area contributed by atoms with Crippen LogP contribution in [-0.2, 0) is 17.9 Å². The average Bonchev–Trinajstić information content (AvgIpc) is 3.41. The number of nitrogens with zero attached hydrogens (tertiary/aromatic N) is 2. The monoisotopic (exact) mass is 360 g/mol. The number of amides is 1. The van der Waals surface area contributed by atoms with Crippen LogP contribution in [0.15, 0.2) is 67.0 Å². The first-order valence-corrected chi connectivity index (χ1v) is 9.43. The van der Waals surface area contributed by atoms with Gasteiger partial charge in [-0.2, -0.15) is 5.10 Å². The van der Waals surface area contributed by atoms with Gasteiger partial charge in [-0.1, -0.05) is 48.5 Å². The van der Waals surface area contributed by atoms with Crippen LogP contribution < -0.4 is 10.6 Å². The molecule has 1 fully saturated rings. The summed E-state index contributed by atoms with van der Waals surface area (Å²) in [4.78, 5) is 12.3. The molecule has 1 aliphatic heterocycles. The van der Waals surface area contributed by atoms with Crippen molar-refractivity contribution >= 4 is 5.91 Å². The molecule has 1 saturated heterocycles. The van der Waals surface area contributed by atoms with E-state index >= 15 is 0 Å². The van der Waals surface area contributed by atoms with Crippen LogP contribution in [0.25, 0.3) is 11.1 Å². The van der Waals surface area contributed by atoms with Crippen molar-refractivity contribution < 1.29 is 4.79 Å². The summed E-state index contributed by atoms with van der Waals surface area (Å²) in [5, 5.41) is 10.6. The molecule has 5 nitrogen and oxygen atoms in total. The lowest BCUT2D eigenvalue weighted by Gasteiger charge is -2.13. The molecule has 1 aromatic heterocycles. The van der Waals surface area contributed by atoms with Crippen molar-refractivity contribution in [2.75, 3.05) is 13.1 Å². The van der Waals surface area contributed by atoms with E-state index in [-0.39, 0.29) is 11.8 Å². The summed E-state index contributed by atoms with van der Waals surface area (Å²) < 4.78 is 1.91. The normalized spacial score (nSPS) is 16.4. The van der Waals surface area contributed by atoms with Crippen LogP contribution in [0.5, 0.6) is 0 Å². The van der Waals surface area contributed by atoms with E-state index in [4.69, 9.17) is 0 Å². The third kappa shape index (κ3) is 4.26. The molecule has 5 heteroatoms. The lowest BCUT2D eigenvalue weighted by molar-refractivity contribution is -0.124.